The van der Waals surface area contributed by atoms with E-state index in [1.807, 2.05) is 0 Å². The standard InChI is InChI=1S/C15H19FN2O5/c1-23-9-15(13(20)21)4-5-18(8-15)14(22)17-7-10-2-3-12(19)11(16)6-10/h2-3,6,19H,4-5,7-9H2,1H3,(H,17,22)(H,20,21). The fourth-order valence-electron chi connectivity index (χ4n) is 2.63. The molecule has 0 radical (unpaired) electrons. The number of hydrogen-bond acceptors (Lipinski definition) is 4. The minimum Gasteiger partial charge on any atom is -0.505 e. The second kappa shape index (κ2) is 6.82. The van der Waals surface area contributed by atoms with E-state index in [1.165, 1.54) is 24.1 Å². The number of carboxylic acid groups (broad SMARTS) is 1. The Labute approximate surface area is 132 Å². The maximum atomic E-state index is 13.2. The molecule has 1 saturated heterocycles. The van der Waals surface area contributed by atoms with Crippen LogP contribution < -0.4 is 5.32 Å². The molecule has 0 spiro atoms. The number of aromatic hydroxyl groups is 1. The Kier molecular flexibility index (Phi) is 5.05. The monoisotopic (exact) mass is 326 g/mol. The normalized spacial score (nSPS) is 20.5. The van der Waals surface area contributed by atoms with Crippen molar-refractivity contribution >= 4 is 12.0 Å². The van der Waals surface area contributed by atoms with Crippen LogP contribution in [0.1, 0.15) is 12.0 Å². The van der Waals surface area contributed by atoms with E-state index in [9.17, 15) is 19.1 Å². The van der Waals surface area contributed by atoms with E-state index in [2.05, 4.69) is 5.32 Å². The number of ether oxygens (including phenoxy) is 1. The van der Waals surface area contributed by atoms with E-state index < -0.39 is 29.0 Å². The summed E-state index contributed by atoms with van der Waals surface area (Å²) >= 11 is 0. The summed E-state index contributed by atoms with van der Waals surface area (Å²) < 4.78 is 18.2. The largest absolute Gasteiger partial charge is 0.505 e. The molecule has 0 saturated carbocycles. The number of nitrogens with zero attached hydrogens (tertiary/aromatic N) is 1. The van der Waals surface area contributed by atoms with E-state index in [-0.39, 0.29) is 19.7 Å². The molecule has 1 fully saturated rings. The molecule has 3 N–H and O–H groups in total. The molecule has 1 atom stereocenters. The number of halogens is 1. The van der Waals surface area contributed by atoms with Gasteiger partial charge in [-0.25, -0.2) is 9.18 Å². The maximum absolute atomic E-state index is 13.2. The molecule has 1 heterocycles. The second-order valence-electron chi connectivity index (χ2n) is 5.63. The van der Waals surface area contributed by atoms with Crippen LogP contribution in [0.2, 0.25) is 0 Å². The summed E-state index contributed by atoms with van der Waals surface area (Å²) in [5.41, 5.74) is -0.592. The van der Waals surface area contributed by atoms with Crippen LogP contribution in [-0.4, -0.2) is 53.9 Å². The fourth-order valence-corrected chi connectivity index (χ4v) is 2.63. The minimum atomic E-state index is -1.09. The van der Waals surface area contributed by atoms with E-state index >= 15 is 0 Å². The van der Waals surface area contributed by atoms with Crippen LogP contribution in [0.5, 0.6) is 5.75 Å². The number of likely N-dealkylation sites (tertiary alicyclic amines) is 1. The number of urea groups is 1. The lowest BCUT2D eigenvalue weighted by Gasteiger charge is -2.24. The molecule has 0 aliphatic carbocycles. The van der Waals surface area contributed by atoms with E-state index in [4.69, 9.17) is 9.84 Å². The first-order chi connectivity index (χ1) is 10.9. The number of phenols is 1. The van der Waals surface area contributed by atoms with Crippen molar-refractivity contribution in [2.45, 2.75) is 13.0 Å². The lowest BCUT2D eigenvalue weighted by molar-refractivity contribution is -0.151. The van der Waals surface area contributed by atoms with Gasteiger partial charge in [-0.05, 0) is 24.1 Å². The van der Waals surface area contributed by atoms with E-state index in [0.29, 0.717) is 18.5 Å². The van der Waals surface area contributed by atoms with Crippen LogP contribution in [0, 0.1) is 11.2 Å². The molecule has 1 aliphatic rings. The highest BCUT2D eigenvalue weighted by molar-refractivity contribution is 5.79. The predicted octanol–water partition coefficient (Wildman–Crippen LogP) is 1.16. The molecule has 2 rings (SSSR count). The van der Waals surface area contributed by atoms with Gasteiger partial charge in [0.25, 0.3) is 0 Å². The van der Waals surface area contributed by atoms with Crippen molar-refractivity contribution in [2.75, 3.05) is 26.8 Å². The molecule has 2 amide bonds. The summed E-state index contributed by atoms with van der Waals surface area (Å²) in [6, 6.07) is 3.42. The summed E-state index contributed by atoms with van der Waals surface area (Å²) in [4.78, 5) is 25.0. The zero-order valence-electron chi connectivity index (χ0n) is 12.7. The third kappa shape index (κ3) is 3.70. The highest BCUT2D eigenvalue weighted by Crippen LogP contribution is 2.31. The lowest BCUT2D eigenvalue weighted by atomic mass is 9.88. The number of carbonyl (C=O) groups is 2. The van der Waals surface area contributed by atoms with Crippen molar-refractivity contribution < 1.29 is 28.9 Å². The van der Waals surface area contributed by atoms with Gasteiger partial charge in [-0.15, -0.1) is 0 Å². The molecule has 1 aromatic carbocycles. The number of carbonyl (C=O) groups excluding carboxylic acids is 1. The molecule has 0 bridgehead atoms. The molecule has 7 nitrogen and oxygen atoms in total. The SMILES string of the molecule is COCC1(C(=O)O)CCN(C(=O)NCc2ccc(O)c(F)c2)C1. The average Bonchev–Trinajstić information content (AvgIpc) is 2.94. The van der Waals surface area contributed by atoms with E-state index in [0.717, 1.165) is 6.07 Å². The number of benzene rings is 1. The smallest absolute Gasteiger partial charge is 0.317 e. The van der Waals surface area contributed by atoms with Gasteiger partial charge in [0.15, 0.2) is 11.6 Å². The molecule has 1 unspecified atom stereocenters. The Bertz CT molecular complexity index is 610. The highest BCUT2D eigenvalue weighted by atomic mass is 19.1. The number of phenolic OH excluding ortho intramolecular Hbond substituents is 1. The second-order valence-corrected chi connectivity index (χ2v) is 5.63. The zero-order chi connectivity index (χ0) is 17.0. The Hall–Kier alpha value is -2.35. The van der Waals surface area contributed by atoms with Crippen molar-refractivity contribution in [3.05, 3.63) is 29.6 Å². The Morgan fingerprint density at radius 3 is 2.83 bits per heavy atom. The van der Waals surface area contributed by atoms with Gasteiger partial charge in [-0.1, -0.05) is 6.07 Å². The molecule has 1 aliphatic heterocycles. The van der Waals surface area contributed by atoms with Gasteiger partial charge in [0.05, 0.1) is 6.61 Å². The number of aliphatic carboxylic acids is 1. The van der Waals surface area contributed by atoms with Gasteiger partial charge in [0, 0.05) is 26.7 Å². The minimum absolute atomic E-state index is 0.0370. The summed E-state index contributed by atoms with van der Waals surface area (Å²) in [7, 11) is 1.42. The van der Waals surface area contributed by atoms with Crippen LogP contribution >= 0.6 is 0 Å². The first-order valence-electron chi connectivity index (χ1n) is 7.10. The van der Waals surface area contributed by atoms with Crippen LogP contribution in [-0.2, 0) is 16.1 Å². The number of amides is 2. The molecular formula is C15H19FN2O5. The van der Waals surface area contributed by atoms with Gasteiger partial charge < -0.3 is 25.2 Å². The Morgan fingerprint density at radius 1 is 1.48 bits per heavy atom. The summed E-state index contributed by atoms with van der Waals surface area (Å²) in [5.74, 6) is -2.21. The fraction of sp³-hybridized carbons (Fsp3) is 0.467. The Balaban J connectivity index is 1.94. The zero-order valence-corrected chi connectivity index (χ0v) is 12.7. The number of carboxylic acids is 1. The van der Waals surface area contributed by atoms with Crippen molar-refractivity contribution in [3.8, 4) is 5.75 Å². The van der Waals surface area contributed by atoms with Crippen LogP contribution in [0.15, 0.2) is 18.2 Å². The predicted molar refractivity (Wildman–Crippen MR) is 78.4 cm³/mol. The van der Waals surface area contributed by atoms with Gasteiger partial charge in [-0.3, -0.25) is 4.79 Å². The van der Waals surface area contributed by atoms with Crippen LogP contribution in [0.25, 0.3) is 0 Å². The topological polar surface area (TPSA) is 99.1 Å². The molecule has 8 heteroatoms. The van der Waals surface area contributed by atoms with Crippen LogP contribution in [0.4, 0.5) is 9.18 Å². The molecule has 23 heavy (non-hydrogen) atoms. The number of nitrogens with one attached hydrogen (secondary N) is 1. The lowest BCUT2D eigenvalue weighted by Crippen LogP contribution is -2.43. The third-order valence-electron chi connectivity index (χ3n) is 3.97. The number of hydrogen-bond donors (Lipinski definition) is 3. The molecule has 0 aromatic heterocycles. The number of methoxy groups -OCH3 is 1. The third-order valence-corrected chi connectivity index (χ3v) is 3.97. The summed E-state index contributed by atoms with van der Waals surface area (Å²) in [6.07, 6.45) is 0.317. The van der Waals surface area contributed by atoms with Gasteiger partial charge in [0.2, 0.25) is 0 Å². The van der Waals surface area contributed by atoms with Crippen molar-refractivity contribution in [1.82, 2.24) is 10.2 Å². The summed E-state index contributed by atoms with van der Waals surface area (Å²) in [5, 5.41) is 21.1. The highest BCUT2D eigenvalue weighted by Gasteiger charge is 2.46. The molecule has 126 valence electrons. The maximum Gasteiger partial charge on any atom is 0.317 e. The van der Waals surface area contributed by atoms with Crippen molar-refractivity contribution in [1.29, 1.82) is 0 Å². The Morgan fingerprint density at radius 2 is 2.22 bits per heavy atom. The van der Waals surface area contributed by atoms with Crippen molar-refractivity contribution in [2.24, 2.45) is 5.41 Å². The number of rotatable bonds is 5. The quantitative estimate of drug-likeness (QED) is 0.754. The average molecular weight is 326 g/mol. The van der Waals surface area contributed by atoms with Gasteiger partial charge in [-0.2, -0.15) is 0 Å². The molecular weight excluding hydrogens is 307 g/mol. The van der Waals surface area contributed by atoms with Gasteiger partial charge >= 0.3 is 12.0 Å². The van der Waals surface area contributed by atoms with Crippen LogP contribution in [0.3, 0.4) is 0 Å². The van der Waals surface area contributed by atoms with Gasteiger partial charge in [0.1, 0.15) is 5.41 Å². The van der Waals surface area contributed by atoms with Crippen molar-refractivity contribution in [3.63, 3.8) is 0 Å². The first-order valence-corrected chi connectivity index (χ1v) is 7.10. The summed E-state index contributed by atoms with van der Waals surface area (Å²) in [6.45, 7) is 0.490. The van der Waals surface area contributed by atoms with E-state index in [1.54, 1.807) is 0 Å². The molecule has 1 aromatic rings. The first kappa shape index (κ1) is 17.0.